The third-order valence-corrected chi connectivity index (χ3v) is 3.18. The summed E-state index contributed by atoms with van der Waals surface area (Å²) in [4.78, 5) is 22.8. The van der Waals surface area contributed by atoms with Gasteiger partial charge in [-0.05, 0) is 26.3 Å². The molecule has 2 amide bonds. The number of carbonyl (C=O) groups excluding carboxylic acids is 2. The van der Waals surface area contributed by atoms with Crippen LogP contribution >= 0.6 is 0 Å². The van der Waals surface area contributed by atoms with Crippen molar-refractivity contribution in [3.05, 3.63) is 0 Å². The second-order valence-electron chi connectivity index (χ2n) is 4.16. The number of amides is 2. The van der Waals surface area contributed by atoms with Crippen LogP contribution in [-0.2, 0) is 9.59 Å². The topological polar surface area (TPSA) is 84.2 Å². The zero-order chi connectivity index (χ0) is 11.5. The van der Waals surface area contributed by atoms with Crippen LogP contribution in [0.15, 0.2) is 0 Å². The first-order valence-electron chi connectivity index (χ1n) is 5.33. The molecule has 2 atom stereocenters. The van der Waals surface area contributed by atoms with Gasteiger partial charge in [0, 0.05) is 6.54 Å². The highest BCUT2D eigenvalue weighted by molar-refractivity contribution is 5.89. The van der Waals surface area contributed by atoms with E-state index in [4.69, 9.17) is 5.73 Å². The van der Waals surface area contributed by atoms with Gasteiger partial charge in [0.1, 0.15) is 6.04 Å². The molecule has 0 spiro atoms. The van der Waals surface area contributed by atoms with E-state index in [0.717, 1.165) is 19.4 Å². The van der Waals surface area contributed by atoms with Gasteiger partial charge in [-0.15, -0.1) is 0 Å². The minimum atomic E-state index is -0.596. The van der Waals surface area contributed by atoms with Gasteiger partial charge in [-0.25, -0.2) is 0 Å². The van der Waals surface area contributed by atoms with Crippen molar-refractivity contribution in [1.29, 1.82) is 0 Å². The Balaban J connectivity index is 2.62. The Labute approximate surface area is 89.8 Å². The summed E-state index contributed by atoms with van der Waals surface area (Å²) in [7, 11) is 0. The van der Waals surface area contributed by atoms with Crippen molar-refractivity contribution < 1.29 is 9.59 Å². The summed E-state index contributed by atoms with van der Waals surface area (Å²) in [5, 5.41) is 5.83. The van der Waals surface area contributed by atoms with E-state index < -0.39 is 11.9 Å². The number of rotatable bonds is 4. The molecule has 0 saturated carbocycles. The molecule has 1 aliphatic heterocycles. The van der Waals surface area contributed by atoms with Crippen LogP contribution in [0.1, 0.15) is 26.7 Å². The predicted octanol–water partition coefficient (Wildman–Crippen LogP) is -0.634. The highest BCUT2D eigenvalue weighted by Gasteiger charge is 2.40. The van der Waals surface area contributed by atoms with Gasteiger partial charge in [-0.3, -0.25) is 9.59 Å². The maximum Gasteiger partial charge on any atom is 0.239 e. The number of nitrogens with one attached hydrogen (secondary N) is 2. The van der Waals surface area contributed by atoms with E-state index in [2.05, 4.69) is 10.6 Å². The van der Waals surface area contributed by atoms with Crippen molar-refractivity contribution in [1.82, 2.24) is 10.6 Å². The van der Waals surface area contributed by atoms with Crippen LogP contribution in [0.4, 0.5) is 0 Å². The Morgan fingerprint density at radius 1 is 1.60 bits per heavy atom. The Morgan fingerprint density at radius 2 is 2.27 bits per heavy atom. The van der Waals surface area contributed by atoms with Gasteiger partial charge in [-0.1, -0.05) is 6.92 Å². The molecule has 1 aliphatic rings. The largest absolute Gasteiger partial charge is 0.368 e. The van der Waals surface area contributed by atoms with Gasteiger partial charge in [0.05, 0.1) is 5.41 Å². The lowest BCUT2D eigenvalue weighted by Crippen LogP contribution is -2.49. The number of hydrogen-bond donors (Lipinski definition) is 3. The van der Waals surface area contributed by atoms with Gasteiger partial charge >= 0.3 is 0 Å². The molecule has 2 unspecified atom stereocenters. The normalized spacial score (nSPS) is 27.3. The Hall–Kier alpha value is -1.10. The summed E-state index contributed by atoms with van der Waals surface area (Å²) < 4.78 is 0. The maximum absolute atomic E-state index is 12.0. The molecule has 0 bridgehead atoms. The summed E-state index contributed by atoms with van der Waals surface area (Å²) in [5.74, 6) is -0.568. The molecule has 1 saturated heterocycles. The van der Waals surface area contributed by atoms with Crippen molar-refractivity contribution in [2.24, 2.45) is 11.1 Å². The molecule has 5 heteroatoms. The SMILES string of the molecule is CCC1(C(=O)NC(C)C(N)=O)CCNC1. The standard InChI is InChI=1S/C10H19N3O2/c1-3-10(4-5-12-6-10)9(15)13-7(2)8(11)14/h7,12H,3-6H2,1-2H3,(H2,11,14)(H,13,15). The average molecular weight is 213 g/mol. The minimum Gasteiger partial charge on any atom is -0.368 e. The molecule has 1 rings (SSSR count). The van der Waals surface area contributed by atoms with Crippen LogP contribution in [0.5, 0.6) is 0 Å². The molecule has 86 valence electrons. The molecule has 1 fully saturated rings. The van der Waals surface area contributed by atoms with Crippen molar-refractivity contribution in [2.75, 3.05) is 13.1 Å². The smallest absolute Gasteiger partial charge is 0.239 e. The maximum atomic E-state index is 12.0. The highest BCUT2D eigenvalue weighted by Crippen LogP contribution is 2.29. The summed E-state index contributed by atoms with van der Waals surface area (Å²) in [6.07, 6.45) is 1.60. The van der Waals surface area contributed by atoms with Crippen LogP contribution in [-0.4, -0.2) is 30.9 Å². The van der Waals surface area contributed by atoms with Crippen LogP contribution in [0, 0.1) is 5.41 Å². The Kier molecular flexibility index (Phi) is 3.68. The van der Waals surface area contributed by atoms with E-state index in [1.807, 2.05) is 6.92 Å². The molecule has 5 nitrogen and oxygen atoms in total. The lowest BCUT2D eigenvalue weighted by atomic mass is 9.83. The van der Waals surface area contributed by atoms with E-state index in [1.165, 1.54) is 0 Å². The first-order valence-corrected chi connectivity index (χ1v) is 5.33. The number of nitrogens with two attached hydrogens (primary N) is 1. The zero-order valence-corrected chi connectivity index (χ0v) is 9.30. The summed E-state index contributed by atoms with van der Waals surface area (Å²) in [6.45, 7) is 5.13. The second kappa shape index (κ2) is 4.61. The molecule has 0 aromatic rings. The second-order valence-corrected chi connectivity index (χ2v) is 4.16. The average Bonchev–Trinajstić information content (AvgIpc) is 2.66. The molecular weight excluding hydrogens is 194 g/mol. The third-order valence-electron chi connectivity index (χ3n) is 3.18. The number of carbonyl (C=O) groups is 2. The first-order chi connectivity index (χ1) is 7.02. The zero-order valence-electron chi connectivity index (χ0n) is 9.30. The van der Waals surface area contributed by atoms with E-state index in [1.54, 1.807) is 6.92 Å². The van der Waals surface area contributed by atoms with Crippen molar-refractivity contribution in [3.8, 4) is 0 Å². The first kappa shape index (κ1) is 12.0. The van der Waals surface area contributed by atoms with Gasteiger partial charge in [-0.2, -0.15) is 0 Å². The van der Waals surface area contributed by atoms with Crippen molar-refractivity contribution >= 4 is 11.8 Å². The van der Waals surface area contributed by atoms with Crippen LogP contribution in [0.2, 0.25) is 0 Å². The van der Waals surface area contributed by atoms with Crippen molar-refractivity contribution in [3.63, 3.8) is 0 Å². The fourth-order valence-corrected chi connectivity index (χ4v) is 1.82. The summed E-state index contributed by atoms with van der Waals surface area (Å²) in [5.41, 5.74) is 4.74. The molecule has 0 aromatic heterocycles. The van der Waals surface area contributed by atoms with E-state index in [0.29, 0.717) is 6.54 Å². The Bertz CT molecular complexity index is 259. The highest BCUT2D eigenvalue weighted by atomic mass is 16.2. The summed E-state index contributed by atoms with van der Waals surface area (Å²) in [6, 6.07) is -0.596. The van der Waals surface area contributed by atoms with E-state index >= 15 is 0 Å². The van der Waals surface area contributed by atoms with Crippen LogP contribution in [0.3, 0.4) is 0 Å². The molecule has 4 N–H and O–H groups in total. The predicted molar refractivity (Wildman–Crippen MR) is 57.0 cm³/mol. The number of primary amides is 1. The minimum absolute atomic E-state index is 0.0682. The quantitative estimate of drug-likeness (QED) is 0.581. The summed E-state index contributed by atoms with van der Waals surface area (Å²) >= 11 is 0. The number of hydrogen-bond acceptors (Lipinski definition) is 3. The molecule has 15 heavy (non-hydrogen) atoms. The van der Waals surface area contributed by atoms with Gasteiger partial charge < -0.3 is 16.4 Å². The van der Waals surface area contributed by atoms with Crippen LogP contribution in [0.25, 0.3) is 0 Å². The molecule has 0 radical (unpaired) electrons. The lowest BCUT2D eigenvalue weighted by Gasteiger charge is -2.26. The molecule has 0 aromatic carbocycles. The fraction of sp³-hybridized carbons (Fsp3) is 0.800. The Morgan fingerprint density at radius 3 is 2.67 bits per heavy atom. The monoisotopic (exact) mass is 213 g/mol. The van der Waals surface area contributed by atoms with Crippen molar-refractivity contribution in [2.45, 2.75) is 32.7 Å². The van der Waals surface area contributed by atoms with E-state index in [-0.39, 0.29) is 11.3 Å². The molecular formula is C10H19N3O2. The van der Waals surface area contributed by atoms with Crippen LogP contribution < -0.4 is 16.4 Å². The van der Waals surface area contributed by atoms with E-state index in [9.17, 15) is 9.59 Å². The van der Waals surface area contributed by atoms with Gasteiger partial charge in [0.2, 0.25) is 11.8 Å². The fourth-order valence-electron chi connectivity index (χ4n) is 1.82. The lowest BCUT2D eigenvalue weighted by molar-refractivity contribution is -0.133. The molecule has 1 heterocycles. The third kappa shape index (κ3) is 2.47. The molecule has 0 aliphatic carbocycles. The van der Waals surface area contributed by atoms with Gasteiger partial charge in [0.15, 0.2) is 0 Å². The van der Waals surface area contributed by atoms with Gasteiger partial charge in [0.25, 0.3) is 0 Å².